The van der Waals surface area contributed by atoms with Gasteiger partial charge in [0.25, 0.3) is 0 Å². The van der Waals surface area contributed by atoms with Crippen LogP contribution >= 0.6 is 0 Å². The number of hydrogen-bond donors (Lipinski definition) is 1. The van der Waals surface area contributed by atoms with Gasteiger partial charge in [0.1, 0.15) is 0 Å². The highest BCUT2D eigenvalue weighted by molar-refractivity contribution is 5.46. The van der Waals surface area contributed by atoms with Crippen molar-refractivity contribution in [2.45, 2.75) is 13.0 Å². The molecule has 0 saturated heterocycles. The van der Waals surface area contributed by atoms with Crippen LogP contribution in [0.2, 0.25) is 0 Å². The molecule has 0 atom stereocenters. The first-order valence-corrected chi connectivity index (χ1v) is 5.55. The molecule has 4 nitrogen and oxygen atoms in total. The van der Waals surface area contributed by atoms with E-state index in [1.54, 1.807) is 0 Å². The molecule has 0 amide bonds. The molecule has 16 heavy (non-hydrogen) atoms. The number of hydrazine groups is 1. The molecular weight excluding hydrogens is 204 g/mol. The molecular formula is C12H18N2O2. The van der Waals surface area contributed by atoms with Gasteiger partial charge >= 0.3 is 0 Å². The number of rotatable bonds is 3. The van der Waals surface area contributed by atoms with Crippen LogP contribution in [0.15, 0.2) is 18.2 Å². The third-order valence-corrected chi connectivity index (χ3v) is 2.44. The van der Waals surface area contributed by atoms with Gasteiger partial charge in [-0.15, -0.1) is 0 Å². The molecule has 1 N–H and O–H groups in total. The number of nitrogens with one attached hydrogen (secondary N) is 1. The van der Waals surface area contributed by atoms with Gasteiger partial charge in [-0.05, 0) is 6.07 Å². The van der Waals surface area contributed by atoms with E-state index >= 15 is 0 Å². The summed E-state index contributed by atoms with van der Waals surface area (Å²) in [4.78, 5) is 0. The van der Waals surface area contributed by atoms with Gasteiger partial charge in [-0.2, -0.15) is 0 Å². The number of para-hydroxylation sites is 1. The molecule has 0 bridgehead atoms. The van der Waals surface area contributed by atoms with Crippen LogP contribution in [-0.4, -0.2) is 32.3 Å². The van der Waals surface area contributed by atoms with Crippen LogP contribution in [0.5, 0.6) is 11.5 Å². The Morgan fingerprint density at radius 2 is 2.06 bits per heavy atom. The van der Waals surface area contributed by atoms with Crippen molar-refractivity contribution in [1.29, 1.82) is 0 Å². The van der Waals surface area contributed by atoms with E-state index in [1.807, 2.05) is 31.2 Å². The molecule has 1 aliphatic heterocycles. The maximum absolute atomic E-state index is 5.73. The molecule has 88 valence electrons. The fourth-order valence-electron chi connectivity index (χ4n) is 1.64. The fraction of sp³-hybridized carbons (Fsp3) is 0.500. The number of benzene rings is 1. The van der Waals surface area contributed by atoms with E-state index in [1.165, 1.54) is 0 Å². The lowest BCUT2D eigenvalue weighted by Crippen LogP contribution is -2.29. The first-order chi connectivity index (χ1) is 7.77. The Kier molecular flexibility index (Phi) is 3.64. The van der Waals surface area contributed by atoms with Crippen molar-refractivity contribution in [2.24, 2.45) is 0 Å². The number of nitrogens with zero attached hydrogens (tertiary/aromatic N) is 1. The second-order valence-electron chi connectivity index (χ2n) is 4.02. The van der Waals surface area contributed by atoms with Gasteiger partial charge < -0.3 is 9.47 Å². The van der Waals surface area contributed by atoms with Crippen LogP contribution in [0.3, 0.4) is 0 Å². The van der Waals surface area contributed by atoms with Crippen LogP contribution in [0, 0.1) is 0 Å². The molecule has 0 saturated carbocycles. The summed E-state index contributed by atoms with van der Waals surface area (Å²) in [5.41, 5.74) is 4.36. The monoisotopic (exact) mass is 222 g/mol. The van der Waals surface area contributed by atoms with Crippen molar-refractivity contribution in [2.75, 3.05) is 27.3 Å². The normalized spacial score (nSPS) is 14.9. The summed E-state index contributed by atoms with van der Waals surface area (Å²) in [6.45, 7) is 2.21. The molecule has 0 aromatic heterocycles. The summed E-state index contributed by atoms with van der Waals surface area (Å²) in [6, 6.07) is 6.02. The molecule has 2 rings (SSSR count). The second-order valence-corrected chi connectivity index (χ2v) is 4.02. The molecule has 0 radical (unpaired) electrons. The summed E-state index contributed by atoms with van der Waals surface area (Å²) >= 11 is 0. The van der Waals surface area contributed by atoms with Crippen LogP contribution in [0.25, 0.3) is 0 Å². The highest BCUT2D eigenvalue weighted by Gasteiger charge is 2.13. The summed E-state index contributed by atoms with van der Waals surface area (Å²) < 4.78 is 11.4. The average molecular weight is 222 g/mol. The van der Waals surface area contributed by atoms with Crippen molar-refractivity contribution in [3.8, 4) is 11.5 Å². The molecule has 0 fully saturated rings. The molecule has 1 heterocycles. The SMILES string of the molecule is CN(C)NCc1cccc2c1OCCCO2. The van der Waals surface area contributed by atoms with Gasteiger partial charge in [-0.25, -0.2) is 0 Å². The Morgan fingerprint density at radius 1 is 1.25 bits per heavy atom. The van der Waals surface area contributed by atoms with Gasteiger partial charge in [-0.1, -0.05) is 12.1 Å². The van der Waals surface area contributed by atoms with Gasteiger partial charge in [0.2, 0.25) is 0 Å². The van der Waals surface area contributed by atoms with Gasteiger partial charge in [0.05, 0.1) is 13.2 Å². The first-order valence-electron chi connectivity index (χ1n) is 5.55. The maximum Gasteiger partial charge on any atom is 0.165 e. The first kappa shape index (κ1) is 11.2. The summed E-state index contributed by atoms with van der Waals surface area (Å²) in [7, 11) is 3.94. The Balaban J connectivity index is 2.17. The molecule has 4 heteroatoms. The van der Waals surface area contributed by atoms with E-state index in [9.17, 15) is 0 Å². The Bertz CT molecular complexity index is 353. The predicted molar refractivity (Wildman–Crippen MR) is 62.6 cm³/mol. The standard InChI is InChI=1S/C12H18N2O2/c1-14(2)13-9-10-5-3-6-11-12(10)16-8-4-7-15-11/h3,5-6,13H,4,7-9H2,1-2H3. The third kappa shape index (κ3) is 2.65. The fourth-order valence-corrected chi connectivity index (χ4v) is 1.64. The van der Waals surface area contributed by atoms with Crippen molar-refractivity contribution >= 4 is 0 Å². The molecule has 1 aliphatic rings. The number of hydrogen-bond acceptors (Lipinski definition) is 4. The van der Waals surface area contributed by atoms with Crippen molar-refractivity contribution < 1.29 is 9.47 Å². The molecule has 0 unspecified atom stereocenters. The predicted octanol–water partition coefficient (Wildman–Crippen LogP) is 1.41. The molecule has 1 aromatic carbocycles. The van der Waals surface area contributed by atoms with E-state index in [2.05, 4.69) is 11.5 Å². The minimum absolute atomic E-state index is 0.728. The van der Waals surface area contributed by atoms with Crippen LogP contribution in [0.1, 0.15) is 12.0 Å². The number of fused-ring (bicyclic) bond motifs is 1. The van der Waals surface area contributed by atoms with E-state index in [-0.39, 0.29) is 0 Å². The summed E-state index contributed by atoms with van der Waals surface area (Å²) in [6.07, 6.45) is 0.940. The Morgan fingerprint density at radius 3 is 2.88 bits per heavy atom. The van der Waals surface area contributed by atoms with Crippen LogP contribution < -0.4 is 14.9 Å². The molecule has 0 aliphatic carbocycles. The van der Waals surface area contributed by atoms with Crippen molar-refractivity contribution in [3.05, 3.63) is 23.8 Å². The lowest BCUT2D eigenvalue weighted by atomic mass is 10.2. The third-order valence-electron chi connectivity index (χ3n) is 2.44. The largest absolute Gasteiger partial charge is 0.490 e. The van der Waals surface area contributed by atoms with E-state index < -0.39 is 0 Å². The maximum atomic E-state index is 5.73. The minimum atomic E-state index is 0.728. The highest BCUT2D eigenvalue weighted by atomic mass is 16.5. The van der Waals surface area contributed by atoms with E-state index in [0.29, 0.717) is 0 Å². The highest BCUT2D eigenvalue weighted by Crippen LogP contribution is 2.32. The zero-order valence-corrected chi connectivity index (χ0v) is 9.82. The lowest BCUT2D eigenvalue weighted by Gasteiger charge is -2.15. The van der Waals surface area contributed by atoms with Crippen LogP contribution in [0.4, 0.5) is 0 Å². The zero-order chi connectivity index (χ0) is 11.4. The van der Waals surface area contributed by atoms with E-state index in [4.69, 9.17) is 9.47 Å². The van der Waals surface area contributed by atoms with Crippen molar-refractivity contribution in [1.82, 2.24) is 10.4 Å². The topological polar surface area (TPSA) is 33.7 Å². The Labute approximate surface area is 96.1 Å². The second kappa shape index (κ2) is 5.18. The minimum Gasteiger partial charge on any atom is -0.490 e. The van der Waals surface area contributed by atoms with Gasteiger partial charge in [-0.3, -0.25) is 10.4 Å². The van der Waals surface area contributed by atoms with Gasteiger partial charge in [0, 0.05) is 32.6 Å². The molecule has 1 aromatic rings. The van der Waals surface area contributed by atoms with Gasteiger partial charge in [0.15, 0.2) is 11.5 Å². The Hall–Kier alpha value is -1.26. The number of ether oxygens (including phenoxy) is 2. The zero-order valence-electron chi connectivity index (χ0n) is 9.82. The quantitative estimate of drug-likeness (QED) is 0.784. The molecule has 0 spiro atoms. The van der Waals surface area contributed by atoms with E-state index in [0.717, 1.165) is 43.2 Å². The van der Waals surface area contributed by atoms with Crippen molar-refractivity contribution in [3.63, 3.8) is 0 Å². The smallest absolute Gasteiger partial charge is 0.165 e. The van der Waals surface area contributed by atoms with Crippen LogP contribution in [-0.2, 0) is 6.54 Å². The summed E-state index contributed by atoms with van der Waals surface area (Å²) in [5, 5.41) is 1.93. The lowest BCUT2D eigenvalue weighted by molar-refractivity contribution is 0.277. The summed E-state index contributed by atoms with van der Waals surface area (Å²) in [5.74, 6) is 1.74. The average Bonchev–Trinajstić information content (AvgIpc) is 2.51.